The van der Waals surface area contributed by atoms with Gasteiger partial charge < -0.3 is 4.90 Å². The summed E-state index contributed by atoms with van der Waals surface area (Å²) in [6, 6.07) is 14.4. The number of benzene rings is 2. The van der Waals surface area contributed by atoms with Crippen molar-refractivity contribution in [1.29, 1.82) is 0 Å². The average molecular weight is 315 g/mol. The van der Waals surface area contributed by atoms with E-state index < -0.39 is 0 Å². The molecule has 0 bridgehead atoms. The number of halogens is 1. The molecular formula is C18H18FNOS. The number of hydrogen-bond acceptors (Lipinski definition) is 2. The van der Waals surface area contributed by atoms with Gasteiger partial charge in [0.15, 0.2) is 0 Å². The van der Waals surface area contributed by atoms with Crippen LogP contribution in [0.5, 0.6) is 0 Å². The van der Waals surface area contributed by atoms with Gasteiger partial charge in [-0.15, -0.1) is 11.8 Å². The molecule has 0 N–H and O–H groups in total. The third-order valence-corrected chi connectivity index (χ3v) is 4.57. The molecule has 0 radical (unpaired) electrons. The third-order valence-electron chi connectivity index (χ3n) is 3.83. The molecule has 4 heteroatoms. The molecule has 0 aromatic heterocycles. The molecule has 2 nitrogen and oxygen atoms in total. The van der Waals surface area contributed by atoms with E-state index in [4.69, 9.17) is 0 Å². The van der Waals surface area contributed by atoms with Crippen LogP contribution in [0.4, 0.5) is 4.39 Å². The van der Waals surface area contributed by atoms with Gasteiger partial charge in [0.2, 0.25) is 0 Å². The van der Waals surface area contributed by atoms with Gasteiger partial charge >= 0.3 is 0 Å². The zero-order chi connectivity index (χ0) is 15.5. The number of thioether (sulfide) groups is 1. The second-order valence-corrected chi connectivity index (χ2v) is 6.40. The van der Waals surface area contributed by atoms with Crippen molar-refractivity contribution in [3.63, 3.8) is 0 Å². The number of carbonyl (C=O) groups is 1. The molecule has 22 heavy (non-hydrogen) atoms. The van der Waals surface area contributed by atoms with E-state index in [2.05, 4.69) is 0 Å². The SMILES string of the molecule is CSc1ccc(C(=O)N(Cc2cccc(F)c2)C2CC2)cc1. The average Bonchev–Trinajstić information content (AvgIpc) is 3.37. The van der Waals surface area contributed by atoms with Crippen molar-refractivity contribution < 1.29 is 9.18 Å². The van der Waals surface area contributed by atoms with Crippen LogP contribution in [-0.4, -0.2) is 23.1 Å². The highest BCUT2D eigenvalue weighted by Gasteiger charge is 2.33. The van der Waals surface area contributed by atoms with Crippen molar-refractivity contribution in [2.75, 3.05) is 6.26 Å². The van der Waals surface area contributed by atoms with E-state index in [1.165, 1.54) is 12.1 Å². The van der Waals surface area contributed by atoms with Crippen molar-refractivity contribution in [1.82, 2.24) is 4.90 Å². The summed E-state index contributed by atoms with van der Waals surface area (Å²) in [5.74, 6) is -0.232. The molecule has 1 aliphatic carbocycles. The normalized spacial score (nSPS) is 13.9. The van der Waals surface area contributed by atoms with Gasteiger partial charge in [0, 0.05) is 23.0 Å². The Morgan fingerprint density at radius 2 is 1.95 bits per heavy atom. The highest BCUT2D eigenvalue weighted by Crippen LogP contribution is 2.30. The van der Waals surface area contributed by atoms with Gasteiger partial charge in [-0.05, 0) is 61.1 Å². The first-order valence-electron chi connectivity index (χ1n) is 7.37. The predicted octanol–water partition coefficient (Wildman–Crippen LogP) is 4.35. The first-order chi connectivity index (χ1) is 10.7. The van der Waals surface area contributed by atoms with Crippen LogP contribution in [0.2, 0.25) is 0 Å². The number of nitrogens with zero attached hydrogens (tertiary/aromatic N) is 1. The van der Waals surface area contributed by atoms with Gasteiger partial charge in [0.05, 0.1) is 0 Å². The van der Waals surface area contributed by atoms with Crippen molar-refractivity contribution in [3.8, 4) is 0 Å². The molecule has 1 aliphatic rings. The maximum absolute atomic E-state index is 13.3. The third kappa shape index (κ3) is 3.50. The smallest absolute Gasteiger partial charge is 0.254 e. The highest BCUT2D eigenvalue weighted by atomic mass is 32.2. The minimum Gasteiger partial charge on any atom is -0.331 e. The summed E-state index contributed by atoms with van der Waals surface area (Å²) in [5, 5.41) is 0. The molecule has 1 amide bonds. The topological polar surface area (TPSA) is 20.3 Å². The molecule has 0 aliphatic heterocycles. The van der Waals surface area contributed by atoms with Crippen LogP contribution in [0.25, 0.3) is 0 Å². The van der Waals surface area contributed by atoms with Crippen LogP contribution >= 0.6 is 11.8 Å². The molecule has 2 aromatic rings. The minimum atomic E-state index is -0.259. The molecule has 1 saturated carbocycles. The zero-order valence-electron chi connectivity index (χ0n) is 12.5. The van der Waals surface area contributed by atoms with E-state index in [1.54, 1.807) is 17.8 Å². The standard InChI is InChI=1S/C18H18FNOS/c1-22-17-9-5-14(6-10-17)18(21)20(16-7-8-16)12-13-3-2-4-15(19)11-13/h2-6,9-11,16H,7-8,12H2,1H3. The van der Waals surface area contributed by atoms with Crippen LogP contribution in [-0.2, 0) is 6.54 Å². The van der Waals surface area contributed by atoms with Gasteiger partial charge in [-0.25, -0.2) is 4.39 Å². The second kappa shape index (κ2) is 6.53. The molecule has 0 atom stereocenters. The summed E-state index contributed by atoms with van der Waals surface area (Å²) in [6.07, 6.45) is 4.07. The first-order valence-corrected chi connectivity index (χ1v) is 8.59. The number of hydrogen-bond donors (Lipinski definition) is 0. The Morgan fingerprint density at radius 3 is 2.55 bits per heavy atom. The highest BCUT2D eigenvalue weighted by molar-refractivity contribution is 7.98. The van der Waals surface area contributed by atoms with E-state index in [-0.39, 0.29) is 17.8 Å². The number of carbonyl (C=O) groups excluding carboxylic acids is 1. The Hall–Kier alpha value is -1.81. The van der Waals surface area contributed by atoms with Gasteiger partial charge in [0.1, 0.15) is 5.82 Å². The second-order valence-electron chi connectivity index (χ2n) is 5.52. The molecule has 3 rings (SSSR count). The quantitative estimate of drug-likeness (QED) is 0.764. The van der Waals surface area contributed by atoms with E-state index in [1.807, 2.05) is 41.5 Å². The fraction of sp³-hybridized carbons (Fsp3) is 0.278. The van der Waals surface area contributed by atoms with Crippen LogP contribution in [0.1, 0.15) is 28.8 Å². The van der Waals surface area contributed by atoms with E-state index >= 15 is 0 Å². The fourth-order valence-electron chi connectivity index (χ4n) is 2.48. The molecule has 2 aromatic carbocycles. The lowest BCUT2D eigenvalue weighted by Crippen LogP contribution is -2.32. The van der Waals surface area contributed by atoms with E-state index in [0.717, 1.165) is 23.3 Å². The first kappa shape index (κ1) is 15.1. The predicted molar refractivity (Wildman–Crippen MR) is 87.5 cm³/mol. The molecule has 0 heterocycles. The largest absolute Gasteiger partial charge is 0.331 e. The molecule has 0 saturated heterocycles. The summed E-state index contributed by atoms with van der Waals surface area (Å²) in [6.45, 7) is 0.464. The summed E-state index contributed by atoms with van der Waals surface area (Å²) >= 11 is 1.65. The Labute approximate surface area is 134 Å². The van der Waals surface area contributed by atoms with Crippen LogP contribution in [0.3, 0.4) is 0 Å². The summed E-state index contributed by atoms with van der Waals surface area (Å²) in [4.78, 5) is 15.7. The summed E-state index contributed by atoms with van der Waals surface area (Å²) in [5.41, 5.74) is 1.53. The Bertz CT molecular complexity index is 667. The lowest BCUT2D eigenvalue weighted by atomic mass is 10.1. The number of amides is 1. The summed E-state index contributed by atoms with van der Waals surface area (Å²) < 4.78 is 13.3. The Morgan fingerprint density at radius 1 is 1.23 bits per heavy atom. The Kier molecular flexibility index (Phi) is 4.48. The van der Waals surface area contributed by atoms with E-state index in [9.17, 15) is 9.18 Å². The van der Waals surface area contributed by atoms with Crippen LogP contribution in [0, 0.1) is 5.82 Å². The molecular weight excluding hydrogens is 297 g/mol. The van der Waals surface area contributed by atoms with E-state index in [0.29, 0.717) is 12.1 Å². The van der Waals surface area contributed by atoms with Crippen LogP contribution in [0.15, 0.2) is 53.4 Å². The van der Waals surface area contributed by atoms with Gasteiger partial charge in [-0.1, -0.05) is 12.1 Å². The maximum Gasteiger partial charge on any atom is 0.254 e. The van der Waals surface area contributed by atoms with Crippen LogP contribution < -0.4 is 0 Å². The molecule has 0 unspecified atom stereocenters. The van der Waals surface area contributed by atoms with Gasteiger partial charge in [-0.3, -0.25) is 4.79 Å². The zero-order valence-corrected chi connectivity index (χ0v) is 13.3. The van der Waals surface area contributed by atoms with Crippen molar-refractivity contribution >= 4 is 17.7 Å². The lowest BCUT2D eigenvalue weighted by molar-refractivity contribution is 0.0729. The number of rotatable bonds is 5. The van der Waals surface area contributed by atoms with Crippen molar-refractivity contribution in [2.24, 2.45) is 0 Å². The fourth-order valence-corrected chi connectivity index (χ4v) is 2.89. The molecule has 1 fully saturated rings. The monoisotopic (exact) mass is 315 g/mol. The lowest BCUT2D eigenvalue weighted by Gasteiger charge is -2.23. The van der Waals surface area contributed by atoms with Gasteiger partial charge in [0.25, 0.3) is 5.91 Å². The molecule has 0 spiro atoms. The maximum atomic E-state index is 13.3. The van der Waals surface area contributed by atoms with Gasteiger partial charge in [-0.2, -0.15) is 0 Å². The van der Waals surface area contributed by atoms with Crippen molar-refractivity contribution in [3.05, 3.63) is 65.5 Å². The Balaban J connectivity index is 1.79. The van der Waals surface area contributed by atoms with Crippen molar-refractivity contribution in [2.45, 2.75) is 30.3 Å². The minimum absolute atomic E-state index is 0.0272. The summed E-state index contributed by atoms with van der Waals surface area (Å²) in [7, 11) is 0. The molecule has 114 valence electrons.